The van der Waals surface area contributed by atoms with Gasteiger partial charge >= 0.3 is 0 Å². The van der Waals surface area contributed by atoms with E-state index in [4.69, 9.17) is 4.74 Å². The van der Waals surface area contributed by atoms with E-state index in [1.54, 1.807) is 0 Å². The number of piperidine rings is 1. The molecule has 1 fully saturated rings. The molecule has 2 N–H and O–H groups in total. The van der Waals surface area contributed by atoms with Crippen LogP contribution in [0.3, 0.4) is 0 Å². The van der Waals surface area contributed by atoms with E-state index in [2.05, 4.69) is 44.8 Å². The lowest BCUT2D eigenvalue weighted by Crippen LogP contribution is -2.48. The molecule has 1 aliphatic heterocycles. The molecule has 1 aliphatic rings. The second-order valence-electron chi connectivity index (χ2n) is 6.74. The summed E-state index contributed by atoms with van der Waals surface area (Å²) in [5.41, 5.74) is 1.28. The Kier molecular flexibility index (Phi) is 8.87. The minimum Gasteiger partial charge on any atom is -0.378 e. The Morgan fingerprint density at radius 2 is 1.93 bits per heavy atom. The van der Waals surface area contributed by atoms with E-state index in [1.165, 1.54) is 11.9 Å². The first kappa shape index (κ1) is 21.5. The topological polar surface area (TPSA) is 83.0 Å². The van der Waals surface area contributed by atoms with E-state index in [9.17, 15) is 8.42 Å². The number of hydrogen-bond donors (Lipinski definition) is 2. The number of aliphatic imine (C=N–C) groups is 1. The summed E-state index contributed by atoms with van der Waals surface area (Å²) in [7, 11) is -2.97. The molecule has 0 spiro atoms. The molecule has 0 aliphatic carbocycles. The SMILES string of the molecule is CCNC(=NCCOCCS(C)(=O)=O)NC1CCN(c2ccccc2)CC1. The second kappa shape index (κ2) is 11.1. The fraction of sp³-hybridized carbons (Fsp3) is 0.632. The van der Waals surface area contributed by atoms with Crippen LogP contribution in [0, 0.1) is 0 Å². The van der Waals surface area contributed by atoms with Gasteiger partial charge in [0.05, 0.1) is 25.5 Å². The van der Waals surface area contributed by atoms with Crippen LogP contribution in [0.25, 0.3) is 0 Å². The van der Waals surface area contributed by atoms with Crippen molar-refractivity contribution in [3.63, 3.8) is 0 Å². The van der Waals surface area contributed by atoms with Crippen molar-refractivity contribution in [2.24, 2.45) is 4.99 Å². The van der Waals surface area contributed by atoms with E-state index in [0.29, 0.717) is 19.2 Å². The lowest BCUT2D eigenvalue weighted by atomic mass is 10.0. The van der Waals surface area contributed by atoms with Crippen molar-refractivity contribution in [1.29, 1.82) is 0 Å². The third kappa shape index (κ3) is 8.62. The summed E-state index contributed by atoms with van der Waals surface area (Å²) in [6, 6.07) is 10.9. The van der Waals surface area contributed by atoms with E-state index in [1.807, 2.05) is 13.0 Å². The molecule has 0 amide bonds. The Labute approximate surface area is 163 Å². The maximum absolute atomic E-state index is 11.1. The summed E-state index contributed by atoms with van der Waals surface area (Å²) in [5.74, 6) is 0.844. The first-order valence-corrected chi connectivity index (χ1v) is 11.6. The molecule has 1 saturated heterocycles. The fourth-order valence-electron chi connectivity index (χ4n) is 2.97. The molecule has 0 atom stereocenters. The van der Waals surface area contributed by atoms with Gasteiger partial charge in [-0.1, -0.05) is 18.2 Å². The maximum atomic E-state index is 11.1. The number of hydrogen-bond acceptors (Lipinski definition) is 5. The van der Waals surface area contributed by atoms with Crippen molar-refractivity contribution in [1.82, 2.24) is 10.6 Å². The van der Waals surface area contributed by atoms with E-state index in [0.717, 1.165) is 38.4 Å². The van der Waals surface area contributed by atoms with Crippen LogP contribution in [0.15, 0.2) is 35.3 Å². The molecule has 0 aromatic heterocycles. The predicted octanol–water partition coefficient (Wildman–Crippen LogP) is 1.27. The Morgan fingerprint density at radius 1 is 1.22 bits per heavy atom. The van der Waals surface area contributed by atoms with Crippen molar-refractivity contribution in [3.05, 3.63) is 30.3 Å². The van der Waals surface area contributed by atoms with Crippen LogP contribution >= 0.6 is 0 Å². The van der Waals surface area contributed by atoms with Crippen molar-refractivity contribution < 1.29 is 13.2 Å². The number of benzene rings is 1. The van der Waals surface area contributed by atoms with Crippen LogP contribution in [0.1, 0.15) is 19.8 Å². The average molecular weight is 397 g/mol. The van der Waals surface area contributed by atoms with Crippen LogP contribution < -0.4 is 15.5 Å². The first-order chi connectivity index (χ1) is 13.0. The predicted molar refractivity (Wildman–Crippen MR) is 111 cm³/mol. The van der Waals surface area contributed by atoms with Gasteiger partial charge in [-0.15, -0.1) is 0 Å². The Morgan fingerprint density at radius 3 is 2.56 bits per heavy atom. The van der Waals surface area contributed by atoms with Gasteiger partial charge in [0.15, 0.2) is 5.96 Å². The van der Waals surface area contributed by atoms with Crippen molar-refractivity contribution in [3.8, 4) is 0 Å². The minimum atomic E-state index is -2.97. The standard InChI is InChI=1S/C19H32N4O3S/c1-3-20-19(21-11-14-26-15-16-27(2,24)25)22-17-9-12-23(13-10-17)18-7-5-4-6-8-18/h4-8,17H,3,9-16H2,1-2H3,(H2,20,21,22). The molecule has 7 nitrogen and oxygen atoms in total. The summed E-state index contributed by atoms with van der Waals surface area (Å²) in [5, 5.41) is 6.77. The number of guanidine groups is 1. The average Bonchev–Trinajstić information content (AvgIpc) is 2.65. The summed E-state index contributed by atoms with van der Waals surface area (Å²) in [4.78, 5) is 6.94. The number of sulfone groups is 1. The Bertz CT molecular complexity index is 671. The highest BCUT2D eigenvalue weighted by Gasteiger charge is 2.20. The minimum absolute atomic E-state index is 0.0506. The van der Waals surface area contributed by atoms with Crippen molar-refractivity contribution in [2.75, 3.05) is 56.3 Å². The van der Waals surface area contributed by atoms with Crippen molar-refractivity contribution >= 4 is 21.5 Å². The van der Waals surface area contributed by atoms with Gasteiger partial charge in [0.25, 0.3) is 0 Å². The second-order valence-corrected chi connectivity index (χ2v) is 9.00. The normalized spacial score (nSPS) is 16.4. The molecule has 1 aromatic carbocycles. The molecule has 152 valence electrons. The summed E-state index contributed by atoms with van der Waals surface area (Å²) in [6.07, 6.45) is 3.33. The summed E-state index contributed by atoms with van der Waals surface area (Å²) < 4.78 is 27.5. The fourth-order valence-corrected chi connectivity index (χ4v) is 3.39. The molecule has 1 aromatic rings. The third-order valence-corrected chi connectivity index (χ3v) is 5.31. The number of ether oxygens (including phenoxy) is 1. The molecular weight excluding hydrogens is 364 g/mol. The number of nitrogens with zero attached hydrogens (tertiary/aromatic N) is 2. The van der Waals surface area contributed by atoms with Crippen LogP contribution in [-0.2, 0) is 14.6 Å². The highest BCUT2D eigenvalue weighted by Crippen LogP contribution is 2.19. The third-order valence-electron chi connectivity index (χ3n) is 4.41. The first-order valence-electron chi connectivity index (χ1n) is 9.58. The largest absolute Gasteiger partial charge is 0.378 e. The van der Waals surface area contributed by atoms with Gasteiger partial charge in [0, 0.05) is 37.6 Å². The zero-order chi connectivity index (χ0) is 19.5. The molecule has 0 radical (unpaired) electrons. The Hall–Kier alpha value is -1.80. The zero-order valence-corrected chi connectivity index (χ0v) is 17.2. The van der Waals surface area contributed by atoms with Gasteiger partial charge in [-0.2, -0.15) is 0 Å². The van der Waals surface area contributed by atoms with Gasteiger partial charge in [-0.25, -0.2) is 8.42 Å². The number of para-hydroxylation sites is 1. The Balaban J connectivity index is 1.72. The monoisotopic (exact) mass is 396 g/mol. The van der Waals surface area contributed by atoms with Crippen LogP contribution in [0.2, 0.25) is 0 Å². The molecule has 2 rings (SSSR count). The lowest BCUT2D eigenvalue weighted by Gasteiger charge is -2.34. The smallest absolute Gasteiger partial charge is 0.191 e. The maximum Gasteiger partial charge on any atom is 0.191 e. The van der Waals surface area contributed by atoms with Crippen molar-refractivity contribution in [2.45, 2.75) is 25.8 Å². The summed E-state index contributed by atoms with van der Waals surface area (Å²) >= 11 is 0. The molecular formula is C19H32N4O3S. The molecule has 8 heteroatoms. The van der Waals surface area contributed by atoms with Gasteiger partial charge in [0.1, 0.15) is 9.84 Å². The quantitative estimate of drug-likeness (QED) is 0.372. The van der Waals surface area contributed by atoms with Crippen LogP contribution in [-0.4, -0.2) is 71.8 Å². The molecule has 1 heterocycles. The highest BCUT2D eigenvalue weighted by atomic mass is 32.2. The van der Waals surface area contributed by atoms with Crippen LogP contribution in [0.4, 0.5) is 5.69 Å². The van der Waals surface area contributed by atoms with Gasteiger partial charge in [-0.05, 0) is 31.9 Å². The number of rotatable bonds is 9. The number of nitrogens with one attached hydrogen (secondary N) is 2. The van der Waals surface area contributed by atoms with Gasteiger partial charge in [-0.3, -0.25) is 4.99 Å². The zero-order valence-electron chi connectivity index (χ0n) is 16.4. The molecule has 27 heavy (non-hydrogen) atoms. The molecule has 0 bridgehead atoms. The van der Waals surface area contributed by atoms with Crippen LogP contribution in [0.5, 0.6) is 0 Å². The molecule has 0 unspecified atom stereocenters. The summed E-state index contributed by atoms with van der Waals surface area (Å²) in [6.45, 7) is 6.02. The lowest BCUT2D eigenvalue weighted by molar-refractivity contribution is 0.157. The molecule has 0 saturated carbocycles. The van der Waals surface area contributed by atoms with E-state index < -0.39 is 9.84 Å². The van der Waals surface area contributed by atoms with Gasteiger partial charge < -0.3 is 20.3 Å². The van der Waals surface area contributed by atoms with E-state index >= 15 is 0 Å². The van der Waals surface area contributed by atoms with Gasteiger partial charge in [0.2, 0.25) is 0 Å². The van der Waals surface area contributed by atoms with E-state index in [-0.39, 0.29) is 12.4 Å². The number of anilines is 1. The highest BCUT2D eigenvalue weighted by molar-refractivity contribution is 7.90.